The number of allylic oxidation sites excluding steroid dienone is 4. The summed E-state index contributed by atoms with van der Waals surface area (Å²) in [6.45, 7) is 0. The van der Waals surface area contributed by atoms with Crippen LogP contribution in [-0.2, 0) is 24.9 Å². The highest BCUT2D eigenvalue weighted by Gasteiger charge is 2.44. The average molecular weight is 383 g/mol. The quantitative estimate of drug-likeness (QED) is 0.760. The van der Waals surface area contributed by atoms with Crippen LogP contribution in [0.25, 0.3) is 0 Å². The van der Waals surface area contributed by atoms with Crippen molar-refractivity contribution in [1.29, 1.82) is 0 Å². The van der Waals surface area contributed by atoms with E-state index in [1.54, 1.807) is 6.07 Å². The van der Waals surface area contributed by atoms with Crippen molar-refractivity contribution < 1.29 is 16.8 Å². The van der Waals surface area contributed by atoms with Gasteiger partial charge in [0.25, 0.3) is 0 Å². The van der Waals surface area contributed by atoms with E-state index in [0.717, 1.165) is 0 Å². The molecule has 0 saturated carbocycles. The molecule has 0 saturated heterocycles. The van der Waals surface area contributed by atoms with Crippen LogP contribution in [0.1, 0.15) is 5.56 Å². The lowest BCUT2D eigenvalue weighted by Crippen LogP contribution is -2.37. The largest absolute Gasteiger partial charge is 0.238 e. The Morgan fingerprint density at radius 3 is 2.18 bits per heavy atom. The summed E-state index contributed by atoms with van der Waals surface area (Å²) in [6.07, 6.45) is 3.96. The number of halogens is 2. The van der Waals surface area contributed by atoms with Gasteiger partial charge in [0.15, 0.2) is 0 Å². The van der Waals surface area contributed by atoms with Crippen LogP contribution in [-0.4, -0.2) is 22.2 Å². The summed E-state index contributed by atoms with van der Waals surface area (Å²) < 4.78 is 46.6. The van der Waals surface area contributed by atoms with Crippen LogP contribution in [0.2, 0.25) is 0 Å². The van der Waals surface area contributed by atoms with Crippen molar-refractivity contribution in [3.8, 4) is 0 Å². The van der Waals surface area contributed by atoms with Gasteiger partial charge < -0.3 is 0 Å². The molecule has 22 heavy (non-hydrogen) atoms. The van der Waals surface area contributed by atoms with Gasteiger partial charge in [-0.2, -0.15) is 0 Å². The van der Waals surface area contributed by atoms with Crippen molar-refractivity contribution in [2.75, 3.05) is 0 Å². The highest BCUT2D eigenvalue weighted by atomic mass is 35.5. The van der Waals surface area contributed by atoms with Gasteiger partial charge in [-0.1, -0.05) is 30.4 Å². The average Bonchev–Trinajstić information content (AvgIpc) is 2.40. The molecule has 0 heterocycles. The summed E-state index contributed by atoms with van der Waals surface area (Å²) in [5.41, 5.74) is 0.0738. The lowest BCUT2D eigenvalue weighted by Gasteiger charge is -2.33. The molecule has 120 valence electrons. The Kier molecular flexibility index (Phi) is 4.46. The SMILES string of the molecule is NS(=O)(=O)C1=CC=CC(Cl)(c2ccccc2S(N)(=O)=O)C1Cl. The highest BCUT2D eigenvalue weighted by molar-refractivity contribution is 7.93. The summed E-state index contributed by atoms with van der Waals surface area (Å²) in [6, 6.07) is 5.69. The molecule has 2 unspecified atom stereocenters. The predicted molar refractivity (Wildman–Crippen MR) is 85.3 cm³/mol. The Hall–Kier alpha value is -0.900. The van der Waals surface area contributed by atoms with E-state index >= 15 is 0 Å². The molecule has 0 amide bonds. The molecule has 0 spiro atoms. The molecule has 6 nitrogen and oxygen atoms in total. The Morgan fingerprint density at radius 1 is 1.05 bits per heavy atom. The molecule has 0 aromatic heterocycles. The zero-order valence-electron chi connectivity index (χ0n) is 11.0. The maximum Gasteiger partial charge on any atom is 0.238 e. The molecule has 1 aliphatic carbocycles. The van der Waals surface area contributed by atoms with Gasteiger partial charge in [0.1, 0.15) is 4.87 Å². The monoisotopic (exact) mass is 382 g/mol. The van der Waals surface area contributed by atoms with Crippen molar-refractivity contribution in [2.24, 2.45) is 10.3 Å². The highest BCUT2D eigenvalue weighted by Crippen LogP contribution is 2.45. The molecule has 1 aliphatic rings. The second-order valence-corrected chi connectivity index (χ2v) is 8.80. The number of sulfonamides is 2. The van der Waals surface area contributed by atoms with Gasteiger partial charge in [0.05, 0.1) is 15.2 Å². The third-order valence-electron chi connectivity index (χ3n) is 3.15. The minimum Gasteiger partial charge on any atom is -0.225 e. The van der Waals surface area contributed by atoms with Crippen LogP contribution in [0.15, 0.2) is 52.3 Å². The number of benzene rings is 1. The van der Waals surface area contributed by atoms with Crippen LogP contribution in [0, 0.1) is 0 Å². The van der Waals surface area contributed by atoms with E-state index in [0.29, 0.717) is 0 Å². The number of primary sulfonamides is 2. The van der Waals surface area contributed by atoms with Gasteiger partial charge in [0.2, 0.25) is 20.0 Å². The third-order valence-corrected chi connectivity index (χ3v) is 6.52. The van der Waals surface area contributed by atoms with Crippen LogP contribution in [0.5, 0.6) is 0 Å². The van der Waals surface area contributed by atoms with Crippen molar-refractivity contribution >= 4 is 43.2 Å². The molecule has 0 bridgehead atoms. The fourth-order valence-corrected chi connectivity index (χ4v) is 4.82. The van der Waals surface area contributed by atoms with Gasteiger partial charge >= 0.3 is 0 Å². The molecule has 2 rings (SSSR count). The molecule has 10 heteroatoms. The third kappa shape index (κ3) is 3.08. The van der Waals surface area contributed by atoms with Crippen molar-refractivity contribution in [2.45, 2.75) is 15.1 Å². The standard InChI is InChI=1S/C12H12Cl2N2O4S2/c13-11-10(22(16,19)20)6-3-7-12(11,14)8-4-1-2-5-9(8)21(15,17)18/h1-7,11H,(H2,15,17,18)(H2,16,19,20). The Bertz CT molecular complexity index is 878. The van der Waals surface area contributed by atoms with E-state index in [9.17, 15) is 16.8 Å². The molecular weight excluding hydrogens is 371 g/mol. The van der Waals surface area contributed by atoms with Gasteiger partial charge in [-0.25, -0.2) is 27.1 Å². The molecule has 0 aliphatic heterocycles. The first-order valence-corrected chi connectivity index (χ1v) is 9.76. The molecular formula is C12H12Cl2N2O4S2. The number of nitrogens with two attached hydrogens (primary N) is 2. The van der Waals surface area contributed by atoms with Crippen LogP contribution in [0.3, 0.4) is 0 Å². The van der Waals surface area contributed by atoms with Gasteiger partial charge in [-0.15, -0.1) is 23.2 Å². The number of hydrogen-bond acceptors (Lipinski definition) is 4. The molecule has 0 radical (unpaired) electrons. The van der Waals surface area contributed by atoms with Gasteiger partial charge in [-0.05, 0) is 17.7 Å². The number of alkyl halides is 2. The fraction of sp³-hybridized carbons (Fsp3) is 0.167. The minimum absolute atomic E-state index is 0.0738. The summed E-state index contributed by atoms with van der Waals surface area (Å²) >= 11 is 12.6. The summed E-state index contributed by atoms with van der Waals surface area (Å²) in [7, 11) is -8.16. The van der Waals surface area contributed by atoms with E-state index in [2.05, 4.69) is 0 Å². The first-order chi connectivity index (χ1) is 9.98. The summed E-state index contributed by atoms with van der Waals surface area (Å²) in [5.74, 6) is 0. The zero-order chi connectivity index (χ0) is 16.8. The first-order valence-electron chi connectivity index (χ1n) is 5.85. The summed E-state index contributed by atoms with van der Waals surface area (Å²) in [5, 5.41) is 8.99. The molecule has 1 aromatic carbocycles. The topological polar surface area (TPSA) is 120 Å². The van der Waals surface area contributed by atoms with Gasteiger partial charge in [0, 0.05) is 0 Å². The predicted octanol–water partition coefficient (Wildman–Crippen LogP) is 1.12. The Morgan fingerprint density at radius 2 is 1.64 bits per heavy atom. The maximum absolute atomic E-state index is 11.7. The second kappa shape index (κ2) is 5.63. The Labute approximate surface area is 138 Å². The number of hydrogen-bond donors (Lipinski definition) is 2. The van der Waals surface area contributed by atoms with E-state index in [4.69, 9.17) is 33.5 Å². The van der Waals surface area contributed by atoms with E-state index in [1.807, 2.05) is 0 Å². The fourth-order valence-electron chi connectivity index (χ4n) is 2.16. The van der Waals surface area contributed by atoms with Gasteiger partial charge in [-0.3, -0.25) is 0 Å². The second-order valence-electron chi connectivity index (χ2n) is 4.64. The van der Waals surface area contributed by atoms with Crippen LogP contribution in [0.4, 0.5) is 0 Å². The lowest BCUT2D eigenvalue weighted by molar-refractivity contribution is 0.593. The molecule has 1 aromatic rings. The molecule has 4 N–H and O–H groups in total. The van der Waals surface area contributed by atoms with E-state index in [1.165, 1.54) is 36.4 Å². The lowest BCUT2D eigenvalue weighted by atomic mass is 9.91. The molecule has 2 atom stereocenters. The van der Waals surface area contributed by atoms with E-state index in [-0.39, 0.29) is 15.4 Å². The normalized spacial score (nSPS) is 25.8. The minimum atomic E-state index is -4.09. The zero-order valence-corrected chi connectivity index (χ0v) is 14.1. The van der Waals surface area contributed by atoms with Crippen LogP contribution < -0.4 is 10.3 Å². The first kappa shape index (κ1) is 17.5. The van der Waals surface area contributed by atoms with Crippen molar-refractivity contribution in [3.63, 3.8) is 0 Å². The molecule has 0 fully saturated rings. The maximum atomic E-state index is 11.7. The summed E-state index contributed by atoms with van der Waals surface area (Å²) in [4.78, 5) is -2.17. The van der Waals surface area contributed by atoms with Crippen LogP contribution >= 0.6 is 23.2 Å². The Balaban J connectivity index is 2.69. The van der Waals surface area contributed by atoms with E-state index < -0.39 is 30.3 Å². The number of rotatable bonds is 3. The van der Waals surface area contributed by atoms with Crippen molar-refractivity contribution in [3.05, 3.63) is 53.0 Å². The smallest absolute Gasteiger partial charge is 0.225 e. The van der Waals surface area contributed by atoms with Crippen molar-refractivity contribution in [1.82, 2.24) is 0 Å².